The number of hydrogen-bond acceptors (Lipinski definition) is 3. The van der Waals surface area contributed by atoms with Crippen LogP contribution in [-0.2, 0) is 0 Å². The van der Waals surface area contributed by atoms with Crippen LogP contribution in [0.2, 0.25) is 0 Å². The molecule has 1 aliphatic heterocycles. The van der Waals surface area contributed by atoms with Crippen LogP contribution in [0.3, 0.4) is 0 Å². The van der Waals surface area contributed by atoms with Gasteiger partial charge in [-0.2, -0.15) is 0 Å². The summed E-state index contributed by atoms with van der Waals surface area (Å²) in [4.78, 5) is 6.82. The lowest BCUT2D eigenvalue weighted by molar-refractivity contribution is 0.584. The highest BCUT2D eigenvalue weighted by Gasteiger charge is 2.10. The lowest BCUT2D eigenvalue weighted by atomic mass is 10.3. The van der Waals surface area contributed by atoms with E-state index in [1.54, 1.807) is 0 Å². The van der Waals surface area contributed by atoms with Crippen LogP contribution in [0.15, 0.2) is 18.2 Å². The van der Waals surface area contributed by atoms with Crippen molar-refractivity contribution in [3.8, 4) is 0 Å². The van der Waals surface area contributed by atoms with Gasteiger partial charge < -0.3 is 10.2 Å². The molecule has 1 N–H and O–H groups in total. The minimum atomic E-state index is 1.07. The molecule has 84 valence electrons. The van der Waals surface area contributed by atoms with E-state index in [2.05, 4.69) is 27.3 Å². The van der Waals surface area contributed by atoms with Crippen LogP contribution in [-0.4, -0.2) is 31.2 Å². The molecule has 0 spiro atoms. The quantitative estimate of drug-likeness (QED) is 0.761. The van der Waals surface area contributed by atoms with E-state index in [-0.39, 0.29) is 0 Å². The van der Waals surface area contributed by atoms with Crippen molar-refractivity contribution >= 4 is 5.82 Å². The van der Waals surface area contributed by atoms with E-state index >= 15 is 0 Å². The van der Waals surface area contributed by atoms with Gasteiger partial charge in [-0.05, 0) is 19.1 Å². The molecule has 0 atom stereocenters. The Hall–Kier alpha value is -1.09. The normalized spacial score (nSPS) is 15.5. The molecule has 1 fully saturated rings. The highest BCUT2D eigenvalue weighted by molar-refractivity contribution is 5.39. The molecule has 1 aromatic heterocycles. The number of pyridine rings is 1. The van der Waals surface area contributed by atoms with Crippen LogP contribution in [0.25, 0.3) is 0 Å². The first kappa shape index (κ1) is 12.0. The molecular formula is C12H21N3. The molecule has 1 aromatic rings. The van der Waals surface area contributed by atoms with E-state index in [9.17, 15) is 0 Å². The maximum atomic E-state index is 4.50. The number of aromatic nitrogens is 1. The summed E-state index contributed by atoms with van der Waals surface area (Å²) >= 11 is 0. The van der Waals surface area contributed by atoms with Gasteiger partial charge >= 0.3 is 0 Å². The van der Waals surface area contributed by atoms with Crippen LogP contribution in [0, 0.1) is 6.92 Å². The first-order valence-electron chi connectivity index (χ1n) is 5.75. The van der Waals surface area contributed by atoms with Crippen LogP contribution >= 0.6 is 0 Å². The number of rotatable bonds is 1. The van der Waals surface area contributed by atoms with E-state index in [1.165, 1.54) is 0 Å². The molecular weight excluding hydrogens is 186 g/mol. The summed E-state index contributed by atoms with van der Waals surface area (Å²) in [5.74, 6) is 1.11. The summed E-state index contributed by atoms with van der Waals surface area (Å²) in [6, 6.07) is 6.18. The summed E-state index contributed by atoms with van der Waals surface area (Å²) in [5.41, 5.74) is 1.09. The molecule has 1 saturated heterocycles. The fourth-order valence-corrected chi connectivity index (χ4v) is 1.60. The summed E-state index contributed by atoms with van der Waals surface area (Å²) < 4.78 is 0. The fourth-order valence-electron chi connectivity index (χ4n) is 1.60. The number of nitrogens with one attached hydrogen (secondary N) is 1. The average molecular weight is 207 g/mol. The Morgan fingerprint density at radius 2 is 1.87 bits per heavy atom. The molecule has 2 rings (SSSR count). The summed E-state index contributed by atoms with van der Waals surface area (Å²) in [5, 5.41) is 3.33. The van der Waals surface area contributed by atoms with Crippen molar-refractivity contribution in [1.29, 1.82) is 0 Å². The molecule has 0 unspecified atom stereocenters. The number of aryl methyl sites for hydroxylation is 1. The summed E-state index contributed by atoms with van der Waals surface area (Å²) in [7, 11) is 0. The third kappa shape index (κ3) is 3.51. The SMILES string of the molecule is CC.Cc1cccc(N2CCNCC2)n1. The second-order valence-corrected chi connectivity index (χ2v) is 3.37. The number of hydrogen-bond donors (Lipinski definition) is 1. The molecule has 1 aliphatic rings. The third-order valence-electron chi connectivity index (χ3n) is 2.31. The third-order valence-corrected chi connectivity index (χ3v) is 2.31. The minimum Gasteiger partial charge on any atom is -0.354 e. The molecule has 0 aliphatic carbocycles. The Bertz CT molecular complexity index is 280. The molecule has 0 bridgehead atoms. The molecule has 0 saturated carbocycles. The molecule has 0 radical (unpaired) electrons. The molecule has 0 aromatic carbocycles. The van der Waals surface area contributed by atoms with Gasteiger partial charge in [-0.1, -0.05) is 19.9 Å². The van der Waals surface area contributed by atoms with Crippen molar-refractivity contribution in [3.05, 3.63) is 23.9 Å². The van der Waals surface area contributed by atoms with Crippen molar-refractivity contribution in [2.45, 2.75) is 20.8 Å². The van der Waals surface area contributed by atoms with E-state index in [0.29, 0.717) is 0 Å². The van der Waals surface area contributed by atoms with Gasteiger partial charge in [0.15, 0.2) is 0 Å². The predicted octanol–water partition coefficient (Wildman–Crippen LogP) is 1.83. The molecule has 2 heterocycles. The molecule has 0 amide bonds. The molecule has 15 heavy (non-hydrogen) atoms. The second-order valence-electron chi connectivity index (χ2n) is 3.37. The zero-order chi connectivity index (χ0) is 11.1. The van der Waals surface area contributed by atoms with Gasteiger partial charge in [0.2, 0.25) is 0 Å². The van der Waals surface area contributed by atoms with Crippen molar-refractivity contribution < 1.29 is 0 Å². The van der Waals surface area contributed by atoms with Gasteiger partial charge in [-0.25, -0.2) is 4.98 Å². The predicted molar refractivity (Wildman–Crippen MR) is 65.4 cm³/mol. The van der Waals surface area contributed by atoms with Crippen molar-refractivity contribution in [2.75, 3.05) is 31.1 Å². The lowest BCUT2D eigenvalue weighted by Gasteiger charge is -2.28. The van der Waals surface area contributed by atoms with Gasteiger partial charge in [0.05, 0.1) is 0 Å². The van der Waals surface area contributed by atoms with Crippen molar-refractivity contribution in [1.82, 2.24) is 10.3 Å². The highest BCUT2D eigenvalue weighted by atomic mass is 15.2. The Labute approximate surface area is 92.5 Å². The second kappa shape index (κ2) is 6.40. The number of anilines is 1. The molecule has 3 nitrogen and oxygen atoms in total. The summed E-state index contributed by atoms with van der Waals surface area (Å²) in [6.45, 7) is 10.3. The van der Waals surface area contributed by atoms with Crippen LogP contribution in [0.5, 0.6) is 0 Å². The van der Waals surface area contributed by atoms with Gasteiger partial charge in [-0.15, -0.1) is 0 Å². The van der Waals surface area contributed by atoms with Crippen LogP contribution in [0.4, 0.5) is 5.82 Å². The maximum Gasteiger partial charge on any atom is 0.128 e. The average Bonchev–Trinajstić information content (AvgIpc) is 2.33. The summed E-state index contributed by atoms with van der Waals surface area (Å²) in [6.07, 6.45) is 0. The highest BCUT2D eigenvalue weighted by Crippen LogP contribution is 2.11. The lowest BCUT2D eigenvalue weighted by Crippen LogP contribution is -2.43. The van der Waals surface area contributed by atoms with Crippen molar-refractivity contribution in [3.63, 3.8) is 0 Å². The Morgan fingerprint density at radius 1 is 1.20 bits per heavy atom. The monoisotopic (exact) mass is 207 g/mol. The standard InChI is InChI=1S/C10H15N3.C2H6/c1-9-3-2-4-10(12-9)13-7-5-11-6-8-13;1-2/h2-4,11H,5-8H2,1H3;1-2H3. The van der Waals surface area contributed by atoms with Crippen LogP contribution < -0.4 is 10.2 Å². The first-order chi connectivity index (χ1) is 7.36. The smallest absolute Gasteiger partial charge is 0.128 e. The number of nitrogens with zero attached hydrogens (tertiary/aromatic N) is 2. The van der Waals surface area contributed by atoms with E-state index < -0.39 is 0 Å². The van der Waals surface area contributed by atoms with Gasteiger partial charge in [0, 0.05) is 31.9 Å². The maximum absolute atomic E-state index is 4.50. The van der Waals surface area contributed by atoms with E-state index in [4.69, 9.17) is 0 Å². The van der Waals surface area contributed by atoms with Gasteiger partial charge in [-0.3, -0.25) is 0 Å². The molecule has 3 heteroatoms. The zero-order valence-electron chi connectivity index (χ0n) is 9.95. The Morgan fingerprint density at radius 3 is 2.47 bits per heavy atom. The fraction of sp³-hybridized carbons (Fsp3) is 0.583. The van der Waals surface area contributed by atoms with E-state index in [1.807, 2.05) is 26.8 Å². The van der Waals surface area contributed by atoms with Crippen LogP contribution in [0.1, 0.15) is 19.5 Å². The first-order valence-corrected chi connectivity index (χ1v) is 5.75. The van der Waals surface area contributed by atoms with Crippen molar-refractivity contribution in [2.24, 2.45) is 0 Å². The van der Waals surface area contributed by atoms with Gasteiger partial charge in [0.1, 0.15) is 5.82 Å². The minimum absolute atomic E-state index is 1.07. The topological polar surface area (TPSA) is 28.2 Å². The van der Waals surface area contributed by atoms with Gasteiger partial charge in [0.25, 0.3) is 0 Å². The zero-order valence-corrected chi connectivity index (χ0v) is 9.95. The Kier molecular flexibility index (Phi) is 5.12. The number of piperazine rings is 1. The van der Waals surface area contributed by atoms with E-state index in [0.717, 1.165) is 37.7 Å². The largest absolute Gasteiger partial charge is 0.354 e. The Balaban J connectivity index is 0.000000531.